The van der Waals surface area contributed by atoms with E-state index in [-0.39, 0.29) is 5.91 Å². The molecule has 1 amide bonds. The minimum Gasteiger partial charge on any atom is -0.300 e. The average Bonchev–Trinajstić information content (AvgIpc) is 2.93. The Morgan fingerprint density at radius 3 is 2.73 bits per heavy atom. The molecule has 3 aromatic rings. The molecule has 0 aromatic carbocycles. The number of carbonyl (C=O) groups excluding carboxylic acids is 1. The van der Waals surface area contributed by atoms with Crippen LogP contribution in [0.5, 0.6) is 0 Å². The fourth-order valence-electron chi connectivity index (χ4n) is 2.08. The Kier molecular flexibility index (Phi) is 3.54. The summed E-state index contributed by atoms with van der Waals surface area (Å²) in [7, 11) is 1.86. The van der Waals surface area contributed by atoms with E-state index < -0.39 is 0 Å². The molecule has 6 nitrogen and oxygen atoms in total. The van der Waals surface area contributed by atoms with Gasteiger partial charge in [-0.25, -0.2) is 4.98 Å². The molecule has 6 heteroatoms. The van der Waals surface area contributed by atoms with Gasteiger partial charge in [-0.2, -0.15) is 5.10 Å². The lowest BCUT2D eigenvalue weighted by Crippen LogP contribution is -2.09. The van der Waals surface area contributed by atoms with Crippen LogP contribution in [0.25, 0.3) is 22.0 Å². The maximum absolute atomic E-state index is 11.5. The number of hydrogen-bond donors (Lipinski definition) is 1. The fraction of sp³-hybridized carbons (Fsp3) is 0.125. The van der Waals surface area contributed by atoms with Crippen molar-refractivity contribution in [2.45, 2.75) is 6.92 Å². The maximum Gasteiger partial charge on any atom is 0.301 e. The molecule has 3 heterocycles. The van der Waals surface area contributed by atoms with Crippen molar-refractivity contribution in [1.82, 2.24) is 19.7 Å². The Bertz CT molecular complexity index is 917. The molecule has 3 aromatic heterocycles. The molecule has 0 fully saturated rings. The monoisotopic (exact) mass is 291 g/mol. The topological polar surface area (TPSA) is 72.7 Å². The third-order valence-electron chi connectivity index (χ3n) is 3.08. The average molecular weight is 291 g/mol. The highest BCUT2D eigenvalue weighted by Gasteiger charge is 2.06. The Balaban J connectivity index is 1.98. The van der Waals surface area contributed by atoms with Crippen molar-refractivity contribution >= 4 is 22.5 Å². The molecule has 0 atom stereocenters. The van der Waals surface area contributed by atoms with Crippen molar-refractivity contribution in [2.24, 2.45) is 7.05 Å². The normalized spacial score (nSPS) is 10.1. The summed E-state index contributed by atoms with van der Waals surface area (Å²) in [6.07, 6.45) is 7.08. The Labute approximate surface area is 127 Å². The van der Waals surface area contributed by atoms with Gasteiger partial charge in [0.05, 0.1) is 11.9 Å². The van der Waals surface area contributed by atoms with Crippen molar-refractivity contribution in [3.8, 4) is 23.1 Å². The van der Waals surface area contributed by atoms with E-state index in [0.717, 1.165) is 22.0 Å². The summed E-state index contributed by atoms with van der Waals surface area (Å²) in [4.78, 5) is 20.1. The summed E-state index contributed by atoms with van der Waals surface area (Å²) < 4.78 is 1.73. The van der Waals surface area contributed by atoms with E-state index in [1.165, 1.54) is 0 Å². The lowest BCUT2D eigenvalue weighted by Gasteiger charge is -2.04. The number of hydrogen-bond acceptors (Lipinski definition) is 4. The zero-order chi connectivity index (χ0) is 15.5. The molecular formula is C16H13N5O. The third-order valence-corrected chi connectivity index (χ3v) is 3.08. The number of aryl methyl sites for hydroxylation is 1. The Morgan fingerprint density at radius 1 is 1.18 bits per heavy atom. The predicted molar refractivity (Wildman–Crippen MR) is 83.8 cm³/mol. The van der Waals surface area contributed by atoms with Crippen LogP contribution in [0.2, 0.25) is 0 Å². The highest BCUT2D eigenvalue weighted by molar-refractivity contribution is 6.04. The molecular weight excluding hydrogens is 278 g/mol. The summed E-state index contributed by atoms with van der Waals surface area (Å²) in [6.45, 7) is 1.61. The lowest BCUT2D eigenvalue weighted by atomic mass is 10.1. The van der Waals surface area contributed by atoms with Crippen LogP contribution in [0.4, 0.5) is 5.82 Å². The fourth-order valence-corrected chi connectivity index (χ4v) is 2.08. The molecule has 0 aliphatic carbocycles. The first-order valence-electron chi connectivity index (χ1n) is 6.64. The SMILES string of the molecule is CC#CC(=O)Nc1cc2cc(-c3cnn(C)c3)ncc2cn1. The van der Waals surface area contributed by atoms with E-state index in [2.05, 4.69) is 32.2 Å². The number of nitrogens with one attached hydrogen (secondary N) is 1. The van der Waals surface area contributed by atoms with Crippen molar-refractivity contribution in [1.29, 1.82) is 0 Å². The molecule has 0 bridgehead atoms. The zero-order valence-corrected chi connectivity index (χ0v) is 12.2. The number of nitrogens with zero attached hydrogens (tertiary/aromatic N) is 4. The van der Waals surface area contributed by atoms with Crippen LogP contribution in [0.15, 0.2) is 36.9 Å². The number of aromatic nitrogens is 4. The molecule has 22 heavy (non-hydrogen) atoms. The van der Waals surface area contributed by atoms with E-state index in [1.54, 1.807) is 36.3 Å². The summed E-state index contributed by atoms with van der Waals surface area (Å²) in [5.74, 6) is 5.05. The summed E-state index contributed by atoms with van der Waals surface area (Å²) in [5, 5.41) is 8.61. The summed E-state index contributed by atoms with van der Waals surface area (Å²) >= 11 is 0. The highest BCUT2D eigenvalue weighted by atomic mass is 16.1. The van der Waals surface area contributed by atoms with E-state index in [0.29, 0.717) is 5.82 Å². The molecule has 0 radical (unpaired) electrons. The van der Waals surface area contributed by atoms with Crippen LogP contribution in [-0.4, -0.2) is 25.7 Å². The molecule has 1 N–H and O–H groups in total. The van der Waals surface area contributed by atoms with E-state index in [1.807, 2.05) is 19.3 Å². The minimum absolute atomic E-state index is 0.379. The van der Waals surface area contributed by atoms with Gasteiger partial charge in [-0.05, 0) is 30.4 Å². The number of carbonyl (C=O) groups is 1. The number of fused-ring (bicyclic) bond motifs is 1. The van der Waals surface area contributed by atoms with Crippen molar-refractivity contribution in [2.75, 3.05) is 5.32 Å². The van der Waals surface area contributed by atoms with Crippen molar-refractivity contribution in [3.63, 3.8) is 0 Å². The van der Waals surface area contributed by atoms with Gasteiger partial charge in [0.25, 0.3) is 0 Å². The van der Waals surface area contributed by atoms with E-state index >= 15 is 0 Å². The second kappa shape index (κ2) is 5.66. The van der Waals surface area contributed by atoms with Gasteiger partial charge in [0.1, 0.15) is 5.82 Å². The van der Waals surface area contributed by atoms with Crippen LogP contribution in [0, 0.1) is 11.8 Å². The highest BCUT2D eigenvalue weighted by Crippen LogP contribution is 2.22. The van der Waals surface area contributed by atoms with Crippen LogP contribution in [0.1, 0.15) is 6.92 Å². The molecule has 0 saturated carbocycles. The van der Waals surface area contributed by atoms with Crippen molar-refractivity contribution < 1.29 is 4.79 Å². The van der Waals surface area contributed by atoms with Crippen molar-refractivity contribution in [3.05, 3.63) is 36.9 Å². The first kappa shape index (κ1) is 13.8. The third kappa shape index (κ3) is 2.79. The van der Waals surface area contributed by atoms with Crippen LogP contribution < -0.4 is 5.32 Å². The van der Waals surface area contributed by atoms with Crippen LogP contribution in [0.3, 0.4) is 0 Å². The Morgan fingerprint density at radius 2 is 2.00 bits per heavy atom. The van der Waals surface area contributed by atoms with Gasteiger partial charge < -0.3 is 0 Å². The van der Waals surface area contributed by atoms with Gasteiger partial charge in [0.15, 0.2) is 0 Å². The van der Waals surface area contributed by atoms with E-state index in [4.69, 9.17) is 0 Å². The molecule has 0 aliphatic rings. The first-order valence-corrected chi connectivity index (χ1v) is 6.64. The van der Waals surface area contributed by atoms with E-state index in [9.17, 15) is 4.79 Å². The minimum atomic E-state index is -0.379. The van der Waals surface area contributed by atoms with Gasteiger partial charge in [-0.15, -0.1) is 0 Å². The largest absolute Gasteiger partial charge is 0.301 e. The van der Waals surface area contributed by atoms with Gasteiger partial charge in [0, 0.05) is 36.6 Å². The lowest BCUT2D eigenvalue weighted by molar-refractivity contribution is -0.111. The van der Waals surface area contributed by atoms with Gasteiger partial charge in [-0.1, -0.05) is 5.92 Å². The van der Waals surface area contributed by atoms with Gasteiger partial charge >= 0.3 is 5.91 Å². The summed E-state index contributed by atoms with van der Waals surface area (Å²) in [5.41, 5.74) is 1.75. The second-order valence-electron chi connectivity index (χ2n) is 4.72. The van der Waals surface area contributed by atoms with Gasteiger partial charge in [0.2, 0.25) is 0 Å². The van der Waals surface area contributed by atoms with Crippen LogP contribution >= 0.6 is 0 Å². The number of pyridine rings is 2. The number of amides is 1. The molecule has 0 spiro atoms. The van der Waals surface area contributed by atoms with Gasteiger partial charge in [-0.3, -0.25) is 19.8 Å². The summed E-state index contributed by atoms with van der Waals surface area (Å²) in [6, 6.07) is 3.74. The number of anilines is 1. The predicted octanol–water partition coefficient (Wildman–Crippen LogP) is 1.99. The van der Waals surface area contributed by atoms with Crippen LogP contribution in [-0.2, 0) is 11.8 Å². The number of rotatable bonds is 2. The molecule has 108 valence electrons. The standard InChI is InChI=1S/C16H13N5O/c1-3-4-16(22)20-15-6-11-5-14(13-9-19-21(2)10-13)17-7-12(11)8-18-15/h5-10H,1-2H3,(H,18,20,22). The maximum atomic E-state index is 11.5. The first-order chi connectivity index (χ1) is 10.7. The molecule has 0 saturated heterocycles. The smallest absolute Gasteiger partial charge is 0.300 e. The zero-order valence-electron chi connectivity index (χ0n) is 12.2. The quantitative estimate of drug-likeness (QED) is 0.733. The molecule has 0 aliphatic heterocycles. The molecule has 0 unspecified atom stereocenters. The Hall–Kier alpha value is -3.20. The second-order valence-corrected chi connectivity index (χ2v) is 4.72. The molecule has 3 rings (SSSR count).